The number of rotatable bonds is 2. The lowest BCUT2D eigenvalue weighted by Gasteiger charge is -2.16. The van der Waals surface area contributed by atoms with Gasteiger partial charge in [0.15, 0.2) is 5.13 Å². The lowest BCUT2D eigenvalue weighted by Crippen LogP contribution is -2.15. The van der Waals surface area contributed by atoms with E-state index in [1.165, 1.54) is 21.8 Å². The van der Waals surface area contributed by atoms with E-state index in [0.717, 1.165) is 24.4 Å². The van der Waals surface area contributed by atoms with E-state index >= 15 is 0 Å². The van der Waals surface area contributed by atoms with Gasteiger partial charge in [0.1, 0.15) is 0 Å². The van der Waals surface area contributed by atoms with Crippen molar-refractivity contribution < 1.29 is 0 Å². The molecule has 3 rings (SSSR count). The fourth-order valence-electron chi connectivity index (χ4n) is 2.46. The van der Waals surface area contributed by atoms with E-state index in [-0.39, 0.29) is 6.04 Å². The van der Waals surface area contributed by atoms with Gasteiger partial charge in [-0.3, -0.25) is 0 Å². The Morgan fingerprint density at radius 2 is 2.05 bits per heavy atom. The molecule has 0 saturated carbocycles. The summed E-state index contributed by atoms with van der Waals surface area (Å²) >= 11 is 1.74. The number of aromatic nitrogens is 1. The molecule has 1 heterocycles. The van der Waals surface area contributed by atoms with Crippen LogP contribution in [0.15, 0.2) is 24.3 Å². The predicted octanol–water partition coefficient (Wildman–Crippen LogP) is 3.56. The minimum Gasteiger partial charge on any atom is -0.323 e. The van der Waals surface area contributed by atoms with Crippen molar-refractivity contribution in [2.24, 2.45) is 5.73 Å². The quantitative estimate of drug-likeness (QED) is 0.909. The number of hydrogen-bond acceptors (Lipinski definition) is 4. The van der Waals surface area contributed by atoms with Gasteiger partial charge in [-0.15, -0.1) is 0 Å². The second-order valence-electron chi connectivity index (χ2n) is 5.20. The molecule has 0 saturated heterocycles. The number of hydrogen-bond donors (Lipinski definition) is 1. The topological polar surface area (TPSA) is 42.2 Å². The normalized spacial score (nSPS) is 18.2. The first-order valence-corrected chi connectivity index (χ1v) is 7.52. The fraction of sp³-hybridized carbons (Fsp3) is 0.400. The molecule has 1 atom stereocenters. The van der Waals surface area contributed by atoms with E-state index in [9.17, 15) is 0 Å². The Balaban J connectivity index is 1.92. The van der Waals surface area contributed by atoms with Crippen molar-refractivity contribution in [3.8, 4) is 0 Å². The molecular weight excluding hydrogens is 254 g/mol. The molecular formula is C15H19N3S. The van der Waals surface area contributed by atoms with Gasteiger partial charge in [-0.25, -0.2) is 4.98 Å². The van der Waals surface area contributed by atoms with Gasteiger partial charge in [0.25, 0.3) is 0 Å². The van der Waals surface area contributed by atoms with Crippen molar-refractivity contribution in [1.82, 2.24) is 4.98 Å². The molecule has 3 nitrogen and oxygen atoms in total. The largest absolute Gasteiger partial charge is 0.323 e. The van der Waals surface area contributed by atoms with E-state index in [0.29, 0.717) is 0 Å². The zero-order chi connectivity index (χ0) is 13.4. The average molecular weight is 273 g/mol. The summed E-state index contributed by atoms with van der Waals surface area (Å²) in [5, 5.41) is 1.05. The first-order chi connectivity index (χ1) is 9.15. The Labute approximate surface area is 118 Å². The number of nitrogens with zero attached hydrogens (tertiary/aromatic N) is 2. The summed E-state index contributed by atoms with van der Waals surface area (Å²) < 4.78 is 0. The van der Waals surface area contributed by atoms with E-state index in [1.54, 1.807) is 11.3 Å². The molecule has 1 aromatic heterocycles. The first-order valence-electron chi connectivity index (χ1n) is 6.71. The molecule has 1 unspecified atom stereocenters. The number of anilines is 2. The van der Waals surface area contributed by atoms with Crippen LogP contribution in [-0.4, -0.2) is 12.0 Å². The molecule has 0 bridgehead atoms. The van der Waals surface area contributed by atoms with Crippen LogP contribution < -0.4 is 10.6 Å². The average Bonchev–Trinajstić information content (AvgIpc) is 2.84. The minimum atomic E-state index is 0.182. The summed E-state index contributed by atoms with van der Waals surface area (Å²) in [6, 6.07) is 8.71. The van der Waals surface area contributed by atoms with Gasteiger partial charge in [-0.2, -0.15) is 0 Å². The summed E-state index contributed by atoms with van der Waals surface area (Å²) in [5.41, 5.74) is 9.82. The van der Waals surface area contributed by atoms with Crippen molar-refractivity contribution in [2.45, 2.75) is 32.2 Å². The monoisotopic (exact) mass is 273 g/mol. The summed E-state index contributed by atoms with van der Waals surface area (Å²) in [7, 11) is 2.07. The predicted molar refractivity (Wildman–Crippen MR) is 81.2 cm³/mol. The highest BCUT2D eigenvalue weighted by molar-refractivity contribution is 7.15. The third-order valence-electron chi connectivity index (χ3n) is 3.69. The maximum absolute atomic E-state index is 6.17. The number of fused-ring (bicyclic) bond motifs is 1. The Bertz CT molecular complexity index is 574. The lowest BCUT2D eigenvalue weighted by atomic mass is 9.99. The van der Waals surface area contributed by atoms with Crippen LogP contribution in [0.4, 0.5) is 10.8 Å². The number of nitrogens with two attached hydrogens (primary N) is 1. The van der Waals surface area contributed by atoms with Crippen LogP contribution in [0.1, 0.15) is 35.0 Å². The van der Waals surface area contributed by atoms with Gasteiger partial charge >= 0.3 is 0 Å². The second kappa shape index (κ2) is 4.94. The Morgan fingerprint density at radius 1 is 1.32 bits per heavy atom. The number of aryl methyl sites for hydroxylation is 2. The van der Waals surface area contributed by atoms with Gasteiger partial charge in [0, 0.05) is 23.7 Å². The zero-order valence-corrected chi connectivity index (χ0v) is 12.2. The highest BCUT2D eigenvalue weighted by Gasteiger charge is 2.23. The zero-order valence-electron chi connectivity index (χ0n) is 11.4. The van der Waals surface area contributed by atoms with Crippen LogP contribution in [0.5, 0.6) is 0 Å². The van der Waals surface area contributed by atoms with E-state index in [2.05, 4.69) is 43.1 Å². The maximum Gasteiger partial charge on any atom is 0.190 e. The molecule has 0 spiro atoms. The van der Waals surface area contributed by atoms with Crippen LogP contribution in [0.25, 0.3) is 0 Å². The van der Waals surface area contributed by atoms with Crippen LogP contribution in [-0.2, 0) is 6.42 Å². The Kier molecular flexibility index (Phi) is 3.29. The van der Waals surface area contributed by atoms with Gasteiger partial charge in [-0.05, 0) is 38.3 Å². The SMILES string of the molecule is Cc1ccc(N(C)c2nc3c(s2)C(N)CCC3)cc1. The van der Waals surface area contributed by atoms with Crippen molar-refractivity contribution in [3.05, 3.63) is 40.4 Å². The third kappa shape index (κ3) is 2.38. The highest BCUT2D eigenvalue weighted by Crippen LogP contribution is 2.37. The van der Waals surface area contributed by atoms with Crippen LogP contribution in [0, 0.1) is 6.92 Å². The molecule has 1 aliphatic rings. The number of benzene rings is 1. The lowest BCUT2D eigenvalue weighted by molar-refractivity contribution is 0.573. The highest BCUT2D eigenvalue weighted by atomic mass is 32.1. The van der Waals surface area contributed by atoms with Crippen LogP contribution in [0.2, 0.25) is 0 Å². The Morgan fingerprint density at radius 3 is 2.74 bits per heavy atom. The smallest absolute Gasteiger partial charge is 0.190 e. The molecule has 100 valence electrons. The summed E-state index contributed by atoms with van der Waals surface area (Å²) in [5.74, 6) is 0. The molecule has 2 aromatic rings. The van der Waals surface area contributed by atoms with Gasteiger partial charge < -0.3 is 10.6 Å². The standard InChI is InChI=1S/C15H19N3S/c1-10-6-8-11(9-7-10)18(2)15-17-13-5-3-4-12(16)14(13)19-15/h6-9,12H,3-5,16H2,1-2H3. The molecule has 4 heteroatoms. The molecule has 0 amide bonds. The van der Waals surface area contributed by atoms with Crippen molar-refractivity contribution in [3.63, 3.8) is 0 Å². The molecule has 0 fully saturated rings. The second-order valence-corrected chi connectivity index (χ2v) is 6.21. The molecule has 0 aliphatic heterocycles. The molecule has 19 heavy (non-hydrogen) atoms. The molecule has 0 radical (unpaired) electrons. The summed E-state index contributed by atoms with van der Waals surface area (Å²) in [6.07, 6.45) is 3.32. The van der Waals surface area contributed by atoms with E-state index in [1.807, 2.05) is 0 Å². The molecule has 2 N–H and O–H groups in total. The van der Waals surface area contributed by atoms with Crippen molar-refractivity contribution in [2.75, 3.05) is 11.9 Å². The van der Waals surface area contributed by atoms with Crippen LogP contribution in [0.3, 0.4) is 0 Å². The summed E-state index contributed by atoms with van der Waals surface area (Å²) in [6.45, 7) is 2.10. The van der Waals surface area contributed by atoms with E-state index in [4.69, 9.17) is 10.7 Å². The maximum atomic E-state index is 6.17. The van der Waals surface area contributed by atoms with Gasteiger partial charge in [0.2, 0.25) is 0 Å². The van der Waals surface area contributed by atoms with Gasteiger partial charge in [0.05, 0.1) is 5.69 Å². The van der Waals surface area contributed by atoms with E-state index < -0.39 is 0 Å². The molecule has 1 aromatic carbocycles. The van der Waals surface area contributed by atoms with Crippen LogP contribution >= 0.6 is 11.3 Å². The molecule has 1 aliphatic carbocycles. The first kappa shape index (κ1) is 12.6. The number of thiazole rings is 1. The van der Waals surface area contributed by atoms with Crippen molar-refractivity contribution >= 4 is 22.2 Å². The van der Waals surface area contributed by atoms with Gasteiger partial charge in [-0.1, -0.05) is 29.0 Å². The van der Waals surface area contributed by atoms with Crippen molar-refractivity contribution in [1.29, 1.82) is 0 Å². The minimum absolute atomic E-state index is 0.182. The Hall–Kier alpha value is -1.39. The summed E-state index contributed by atoms with van der Waals surface area (Å²) in [4.78, 5) is 8.19. The third-order valence-corrected chi connectivity index (χ3v) is 5.00. The fourth-order valence-corrected chi connectivity index (χ4v) is 3.59.